The van der Waals surface area contributed by atoms with Crippen LogP contribution in [0.4, 0.5) is 0 Å². The van der Waals surface area contributed by atoms with Gasteiger partial charge in [-0.15, -0.1) is 11.3 Å². The van der Waals surface area contributed by atoms with E-state index in [2.05, 4.69) is 32.5 Å². The third-order valence-corrected chi connectivity index (χ3v) is 4.70. The SMILES string of the molecule is NNC(c1ccc(Br)s1)c1ccnn1-c1ccccc1. The number of hydrazine groups is 1. The normalized spacial score (nSPS) is 12.5. The molecule has 0 aliphatic carbocycles. The van der Waals surface area contributed by atoms with Crippen molar-refractivity contribution >= 4 is 27.3 Å². The van der Waals surface area contributed by atoms with Crippen LogP contribution in [-0.4, -0.2) is 9.78 Å². The summed E-state index contributed by atoms with van der Waals surface area (Å²) < 4.78 is 2.98. The van der Waals surface area contributed by atoms with Crippen molar-refractivity contribution in [2.24, 2.45) is 5.84 Å². The van der Waals surface area contributed by atoms with Crippen molar-refractivity contribution in [1.82, 2.24) is 15.2 Å². The minimum Gasteiger partial charge on any atom is -0.270 e. The number of halogens is 1. The highest BCUT2D eigenvalue weighted by molar-refractivity contribution is 9.11. The van der Waals surface area contributed by atoms with Crippen LogP contribution in [0, 0.1) is 0 Å². The van der Waals surface area contributed by atoms with Crippen molar-refractivity contribution in [3.8, 4) is 5.69 Å². The van der Waals surface area contributed by atoms with Crippen molar-refractivity contribution in [1.29, 1.82) is 0 Å². The Bertz CT molecular complexity index is 692. The summed E-state index contributed by atoms with van der Waals surface area (Å²) in [5, 5.41) is 4.40. The summed E-state index contributed by atoms with van der Waals surface area (Å²) in [6.07, 6.45) is 1.79. The van der Waals surface area contributed by atoms with Crippen molar-refractivity contribution in [3.05, 3.63) is 69.1 Å². The molecule has 4 nitrogen and oxygen atoms in total. The Labute approximate surface area is 129 Å². The standard InChI is InChI=1S/C14H13BrN4S/c15-13-7-6-12(20-13)14(18-16)11-8-9-17-19(11)10-4-2-1-3-5-10/h1-9,14,18H,16H2. The van der Waals surface area contributed by atoms with Gasteiger partial charge in [0.1, 0.15) is 0 Å². The Hall–Kier alpha value is -1.47. The Morgan fingerprint density at radius 3 is 2.60 bits per heavy atom. The molecule has 1 aromatic carbocycles. The zero-order valence-electron chi connectivity index (χ0n) is 10.5. The molecule has 0 saturated heterocycles. The molecule has 0 bridgehead atoms. The van der Waals surface area contributed by atoms with Gasteiger partial charge in [-0.2, -0.15) is 5.10 Å². The van der Waals surface area contributed by atoms with Crippen molar-refractivity contribution in [2.75, 3.05) is 0 Å². The molecule has 0 saturated carbocycles. The molecule has 3 rings (SSSR count). The van der Waals surface area contributed by atoms with Crippen LogP contribution in [0.2, 0.25) is 0 Å². The van der Waals surface area contributed by atoms with Crippen LogP contribution in [0.1, 0.15) is 16.6 Å². The maximum Gasteiger partial charge on any atom is 0.0974 e. The highest BCUT2D eigenvalue weighted by Crippen LogP contribution is 2.31. The minimum atomic E-state index is -0.0889. The highest BCUT2D eigenvalue weighted by atomic mass is 79.9. The molecule has 102 valence electrons. The number of nitrogens with zero attached hydrogens (tertiary/aromatic N) is 2. The molecular formula is C14H13BrN4S. The van der Waals surface area contributed by atoms with Crippen LogP contribution in [0.3, 0.4) is 0 Å². The lowest BCUT2D eigenvalue weighted by Crippen LogP contribution is -2.29. The Morgan fingerprint density at radius 2 is 1.95 bits per heavy atom. The second kappa shape index (κ2) is 5.88. The first-order valence-electron chi connectivity index (χ1n) is 6.10. The number of rotatable bonds is 4. The van der Waals surface area contributed by atoms with Crippen LogP contribution in [0.5, 0.6) is 0 Å². The Balaban J connectivity index is 2.04. The lowest BCUT2D eigenvalue weighted by Gasteiger charge is -2.16. The van der Waals surface area contributed by atoms with E-state index in [0.717, 1.165) is 20.0 Å². The van der Waals surface area contributed by atoms with Gasteiger partial charge in [0.15, 0.2) is 0 Å². The molecule has 3 N–H and O–H groups in total. The monoisotopic (exact) mass is 348 g/mol. The Kier molecular flexibility index (Phi) is 3.98. The first kappa shape index (κ1) is 13.5. The van der Waals surface area contributed by atoms with Crippen LogP contribution in [0.25, 0.3) is 5.69 Å². The fourth-order valence-electron chi connectivity index (χ4n) is 2.11. The zero-order chi connectivity index (χ0) is 13.9. The highest BCUT2D eigenvalue weighted by Gasteiger charge is 2.19. The molecule has 0 spiro atoms. The van der Waals surface area contributed by atoms with Crippen LogP contribution in [-0.2, 0) is 0 Å². The summed E-state index contributed by atoms with van der Waals surface area (Å²) in [6, 6.07) is 16.0. The minimum absolute atomic E-state index is 0.0889. The van der Waals surface area contributed by atoms with E-state index >= 15 is 0 Å². The fourth-order valence-corrected chi connectivity index (χ4v) is 3.61. The van der Waals surface area contributed by atoms with Gasteiger partial charge in [-0.05, 0) is 46.3 Å². The molecule has 2 heterocycles. The van der Waals surface area contributed by atoms with Crippen molar-refractivity contribution in [3.63, 3.8) is 0 Å². The van der Waals surface area contributed by atoms with Gasteiger partial charge < -0.3 is 0 Å². The molecule has 3 aromatic rings. The van der Waals surface area contributed by atoms with E-state index in [0.29, 0.717) is 0 Å². The van der Waals surface area contributed by atoms with Gasteiger partial charge in [0.2, 0.25) is 0 Å². The van der Waals surface area contributed by atoms with Gasteiger partial charge in [0.25, 0.3) is 0 Å². The third-order valence-electron chi connectivity index (χ3n) is 3.01. The summed E-state index contributed by atoms with van der Waals surface area (Å²) in [7, 11) is 0. The quantitative estimate of drug-likeness (QED) is 0.562. The van der Waals surface area contributed by atoms with Crippen LogP contribution < -0.4 is 11.3 Å². The fraction of sp³-hybridized carbons (Fsp3) is 0.0714. The van der Waals surface area contributed by atoms with Crippen molar-refractivity contribution < 1.29 is 0 Å². The van der Waals surface area contributed by atoms with Crippen molar-refractivity contribution in [2.45, 2.75) is 6.04 Å². The average molecular weight is 349 g/mol. The molecule has 0 radical (unpaired) electrons. The number of hydrogen-bond acceptors (Lipinski definition) is 4. The number of nitrogens with two attached hydrogens (primary N) is 1. The van der Waals surface area contributed by atoms with E-state index < -0.39 is 0 Å². The van der Waals surface area contributed by atoms with E-state index in [1.807, 2.05) is 47.1 Å². The molecule has 20 heavy (non-hydrogen) atoms. The topological polar surface area (TPSA) is 55.9 Å². The Morgan fingerprint density at radius 1 is 1.15 bits per heavy atom. The summed E-state index contributed by atoms with van der Waals surface area (Å²) >= 11 is 5.14. The third kappa shape index (κ3) is 2.55. The average Bonchev–Trinajstić information content (AvgIpc) is 3.11. The largest absolute Gasteiger partial charge is 0.270 e. The first-order valence-corrected chi connectivity index (χ1v) is 7.71. The van der Waals surface area contributed by atoms with Gasteiger partial charge in [-0.3, -0.25) is 5.84 Å². The molecule has 6 heteroatoms. The van der Waals surface area contributed by atoms with E-state index in [1.165, 1.54) is 0 Å². The van der Waals surface area contributed by atoms with Crippen LogP contribution >= 0.6 is 27.3 Å². The number of benzene rings is 1. The maximum atomic E-state index is 5.75. The maximum absolute atomic E-state index is 5.75. The number of hydrogen-bond donors (Lipinski definition) is 2. The number of aromatic nitrogens is 2. The van der Waals surface area contributed by atoms with E-state index in [9.17, 15) is 0 Å². The van der Waals surface area contributed by atoms with E-state index in [-0.39, 0.29) is 6.04 Å². The molecule has 1 atom stereocenters. The van der Waals surface area contributed by atoms with Gasteiger partial charge in [0.05, 0.1) is 21.2 Å². The molecule has 0 aliphatic heterocycles. The van der Waals surface area contributed by atoms with Crippen LogP contribution in [0.15, 0.2) is 58.5 Å². The van der Waals surface area contributed by atoms with E-state index in [4.69, 9.17) is 5.84 Å². The molecule has 2 aromatic heterocycles. The molecule has 1 unspecified atom stereocenters. The van der Waals surface area contributed by atoms with E-state index in [1.54, 1.807) is 17.5 Å². The van der Waals surface area contributed by atoms with Gasteiger partial charge in [0, 0.05) is 11.1 Å². The zero-order valence-corrected chi connectivity index (χ0v) is 12.9. The number of para-hydroxylation sites is 1. The predicted molar refractivity (Wildman–Crippen MR) is 84.7 cm³/mol. The summed E-state index contributed by atoms with van der Waals surface area (Å²) in [4.78, 5) is 1.14. The molecule has 0 amide bonds. The number of thiophene rings is 1. The second-order valence-electron chi connectivity index (χ2n) is 4.24. The molecule has 0 aliphatic rings. The molecular weight excluding hydrogens is 336 g/mol. The van der Waals surface area contributed by atoms with Gasteiger partial charge >= 0.3 is 0 Å². The smallest absolute Gasteiger partial charge is 0.0974 e. The summed E-state index contributed by atoms with van der Waals surface area (Å²) in [6.45, 7) is 0. The summed E-state index contributed by atoms with van der Waals surface area (Å²) in [5.41, 5.74) is 4.90. The summed E-state index contributed by atoms with van der Waals surface area (Å²) in [5.74, 6) is 5.75. The first-order chi connectivity index (χ1) is 9.79. The lowest BCUT2D eigenvalue weighted by atomic mass is 10.1. The lowest BCUT2D eigenvalue weighted by molar-refractivity contribution is 0.605. The predicted octanol–water partition coefficient (Wildman–Crippen LogP) is 3.25. The van der Waals surface area contributed by atoms with Gasteiger partial charge in [-0.25, -0.2) is 10.1 Å². The van der Waals surface area contributed by atoms with Gasteiger partial charge in [-0.1, -0.05) is 18.2 Å². The number of nitrogens with one attached hydrogen (secondary N) is 1. The second-order valence-corrected chi connectivity index (χ2v) is 6.74. The molecule has 0 fully saturated rings.